The van der Waals surface area contributed by atoms with Crippen LogP contribution in [0.1, 0.15) is 38.5 Å². The lowest BCUT2D eigenvalue weighted by molar-refractivity contribution is -0.144. The first-order valence-corrected chi connectivity index (χ1v) is 8.48. The predicted molar refractivity (Wildman–Crippen MR) is 79.5 cm³/mol. The number of allylic oxidation sites excluding steroid dienone is 2. The molecule has 3 aliphatic carbocycles. The highest BCUT2D eigenvalue weighted by atomic mass is 16.2. The Kier molecular flexibility index (Phi) is 3.31. The topological polar surface area (TPSA) is 66.5 Å². The first-order valence-electron chi connectivity index (χ1n) is 8.48. The molecule has 4 atom stereocenters. The van der Waals surface area contributed by atoms with Gasteiger partial charge in [-0.1, -0.05) is 31.4 Å². The Hall–Kier alpha value is -1.65. The molecule has 22 heavy (non-hydrogen) atoms. The first kappa shape index (κ1) is 14.0. The molecule has 4 aliphatic rings. The lowest BCUT2D eigenvalue weighted by Crippen LogP contribution is -2.45. The largest absolute Gasteiger partial charge is 0.352 e. The first-order chi connectivity index (χ1) is 10.6. The fourth-order valence-electron chi connectivity index (χ4n) is 4.78. The number of fused-ring (bicyclic) bond motifs is 5. The second-order valence-electron chi connectivity index (χ2n) is 7.16. The summed E-state index contributed by atoms with van der Waals surface area (Å²) in [6.45, 7) is -0.0966. The van der Waals surface area contributed by atoms with Gasteiger partial charge in [0, 0.05) is 6.04 Å². The van der Waals surface area contributed by atoms with Gasteiger partial charge in [-0.15, -0.1) is 0 Å². The molecule has 0 radical (unpaired) electrons. The van der Waals surface area contributed by atoms with Crippen molar-refractivity contribution in [1.29, 1.82) is 0 Å². The van der Waals surface area contributed by atoms with Gasteiger partial charge in [0.15, 0.2) is 0 Å². The summed E-state index contributed by atoms with van der Waals surface area (Å²) < 4.78 is 0. The molecule has 4 unspecified atom stereocenters. The van der Waals surface area contributed by atoms with Crippen LogP contribution in [-0.4, -0.2) is 35.2 Å². The number of amides is 3. The lowest BCUT2D eigenvalue weighted by Gasteiger charge is -2.24. The van der Waals surface area contributed by atoms with Crippen LogP contribution in [0.5, 0.6) is 0 Å². The zero-order valence-electron chi connectivity index (χ0n) is 12.7. The van der Waals surface area contributed by atoms with Crippen LogP contribution in [0.25, 0.3) is 0 Å². The molecular weight excluding hydrogens is 280 g/mol. The van der Waals surface area contributed by atoms with Gasteiger partial charge in [0.1, 0.15) is 6.54 Å². The number of carbonyl (C=O) groups excluding carboxylic acids is 3. The second-order valence-corrected chi connectivity index (χ2v) is 7.16. The average Bonchev–Trinajstić information content (AvgIpc) is 3.18. The van der Waals surface area contributed by atoms with E-state index in [0.717, 1.165) is 32.1 Å². The van der Waals surface area contributed by atoms with Crippen molar-refractivity contribution in [2.24, 2.45) is 23.7 Å². The van der Waals surface area contributed by atoms with Crippen LogP contribution in [0.3, 0.4) is 0 Å². The molecular formula is C17H22N2O3. The number of hydrogen-bond donors (Lipinski definition) is 1. The van der Waals surface area contributed by atoms with Gasteiger partial charge in [-0.05, 0) is 31.1 Å². The second kappa shape index (κ2) is 5.21. The summed E-state index contributed by atoms with van der Waals surface area (Å²) in [5.41, 5.74) is 0. The van der Waals surface area contributed by atoms with Gasteiger partial charge in [0.2, 0.25) is 17.7 Å². The van der Waals surface area contributed by atoms with Crippen molar-refractivity contribution in [1.82, 2.24) is 10.2 Å². The monoisotopic (exact) mass is 302 g/mol. The number of likely N-dealkylation sites (tertiary alicyclic amines) is 1. The lowest BCUT2D eigenvalue weighted by atomic mass is 9.85. The van der Waals surface area contributed by atoms with Gasteiger partial charge in [-0.2, -0.15) is 0 Å². The third-order valence-electron chi connectivity index (χ3n) is 5.83. The van der Waals surface area contributed by atoms with Crippen molar-refractivity contribution in [3.63, 3.8) is 0 Å². The van der Waals surface area contributed by atoms with Crippen LogP contribution < -0.4 is 5.32 Å². The van der Waals surface area contributed by atoms with Gasteiger partial charge < -0.3 is 5.32 Å². The predicted octanol–water partition coefficient (Wildman–Crippen LogP) is 1.24. The van der Waals surface area contributed by atoms with Crippen LogP contribution in [-0.2, 0) is 14.4 Å². The van der Waals surface area contributed by atoms with E-state index in [-0.39, 0.29) is 54.0 Å². The Labute approximate surface area is 130 Å². The third-order valence-corrected chi connectivity index (χ3v) is 5.83. The number of imide groups is 1. The number of nitrogens with one attached hydrogen (secondary N) is 1. The molecule has 3 fully saturated rings. The van der Waals surface area contributed by atoms with Gasteiger partial charge in [-0.25, -0.2) is 0 Å². The molecule has 5 heteroatoms. The number of nitrogens with zero attached hydrogens (tertiary/aromatic N) is 1. The highest BCUT2D eigenvalue weighted by molar-refractivity contribution is 6.08. The molecule has 1 heterocycles. The normalized spacial score (nSPS) is 37.0. The summed E-state index contributed by atoms with van der Waals surface area (Å²) in [5, 5.41) is 2.99. The number of carbonyl (C=O) groups is 3. The van der Waals surface area contributed by atoms with E-state index >= 15 is 0 Å². The summed E-state index contributed by atoms with van der Waals surface area (Å²) in [5.74, 6) is -0.448. The Morgan fingerprint density at radius 3 is 2.23 bits per heavy atom. The maximum atomic E-state index is 12.5. The maximum Gasteiger partial charge on any atom is 0.240 e. The molecule has 118 valence electrons. The van der Waals surface area contributed by atoms with Crippen LogP contribution >= 0.6 is 0 Å². The number of hydrogen-bond acceptors (Lipinski definition) is 3. The summed E-state index contributed by atoms with van der Waals surface area (Å²) >= 11 is 0. The van der Waals surface area contributed by atoms with E-state index in [1.807, 2.05) is 0 Å². The van der Waals surface area contributed by atoms with E-state index in [1.165, 1.54) is 11.3 Å². The minimum Gasteiger partial charge on any atom is -0.352 e. The van der Waals surface area contributed by atoms with Gasteiger partial charge in [0.05, 0.1) is 11.8 Å². The SMILES string of the molecule is O=C(CN1C(=O)C2C3C=CC(C3)C2C1=O)NC1CCCCC1. The molecule has 0 spiro atoms. The van der Waals surface area contributed by atoms with Crippen molar-refractivity contribution in [3.05, 3.63) is 12.2 Å². The minimum absolute atomic E-state index is 0.0966. The van der Waals surface area contributed by atoms with Crippen molar-refractivity contribution >= 4 is 17.7 Å². The molecule has 0 aromatic carbocycles. The molecule has 2 bridgehead atoms. The van der Waals surface area contributed by atoms with Gasteiger partial charge >= 0.3 is 0 Å². The molecule has 2 saturated carbocycles. The zero-order valence-corrected chi connectivity index (χ0v) is 12.7. The molecule has 4 rings (SSSR count). The Morgan fingerprint density at radius 1 is 1.05 bits per heavy atom. The highest BCUT2D eigenvalue weighted by Gasteiger charge is 2.59. The van der Waals surface area contributed by atoms with Gasteiger partial charge in [-0.3, -0.25) is 19.3 Å². The molecule has 1 aliphatic heterocycles. The Morgan fingerprint density at radius 2 is 1.64 bits per heavy atom. The molecule has 0 aromatic rings. The van der Waals surface area contributed by atoms with Crippen LogP contribution in [0.15, 0.2) is 12.2 Å². The summed E-state index contributed by atoms with van der Waals surface area (Å²) in [4.78, 5) is 38.4. The average molecular weight is 302 g/mol. The zero-order chi connectivity index (χ0) is 15.3. The molecule has 1 saturated heterocycles. The molecule has 0 aromatic heterocycles. The highest BCUT2D eigenvalue weighted by Crippen LogP contribution is 2.52. The van der Waals surface area contributed by atoms with Crippen LogP contribution in [0.2, 0.25) is 0 Å². The van der Waals surface area contributed by atoms with Crippen LogP contribution in [0.4, 0.5) is 0 Å². The third kappa shape index (κ3) is 2.09. The van der Waals surface area contributed by atoms with Crippen molar-refractivity contribution < 1.29 is 14.4 Å². The smallest absolute Gasteiger partial charge is 0.240 e. The van der Waals surface area contributed by atoms with E-state index in [9.17, 15) is 14.4 Å². The minimum atomic E-state index is -0.204. The molecule has 1 N–H and O–H groups in total. The van der Waals surface area contributed by atoms with Crippen molar-refractivity contribution in [2.75, 3.05) is 6.54 Å². The standard InChI is InChI=1S/C17H22N2O3/c20-13(18-12-4-2-1-3-5-12)9-19-16(21)14-10-6-7-11(8-10)15(14)17(19)22/h6-7,10-12,14-15H,1-5,8-9H2,(H,18,20). The van der Waals surface area contributed by atoms with E-state index in [2.05, 4.69) is 17.5 Å². The summed E-state index contributed by atoms with van der Waals surface area (Å²) in [7, 11) is 0. The Bertz CT molecular complexity index is 520. The molecule has 3 amide bonds. The summed E-state index contributed by atoms with van der Waals surface area (Å²) in [6, 6.07) is 0.214. The number of rotatable bonds is 3. The van der Waals surface area contributed by atoms with Gasteiger partial charge in [0.25, 0.3) is 0 Å². The van der Waals surface area contributed by atoms with Crippen LogP contribution in [0, 0.1) is 23.7 Å². The summed E-state index contributed by atoms with van der Waals surface area (Å²) in [6.07, 6.45) is 10.6. The van der Waals surface area contributed by atoms with E-state index in [0.29, 0.717) is 0 Å². The Balaban J connectivity index is 1.40. The maximum absolute atomic E-state index is 12.5. The fraction of sp³-hybridized carbons (Fsp3) is 0.706. The quantitative estimate of drug-likeness (QED) is 0.630. The van der Waals surface area contributed by atoms with Crippen molar-refractivity contribution in [2.45, 2.75) is 44.6 Å². The van der Waals surface area contributed by atoms with Crippen molar-refractivity contribution in [3.8, 4) is 0 Å². The van der Waals surface area contributed by atoms with E-state index in [4.69, 9.17) is 0 Å². The fourth-order valence-corrected chi connectivity index (χ4v) is 4.78. The van der Waals surface area contributed by atoms with E-state index in [1.54, 1.807) is 0 Å². The van der Waals surface area contributed by atoms with E-state index < -0.39 is 0 Å². The molecule has 5 nitrogen and oxygen atoms in total.